The Morgan fingerprint density at radius 2 is 2.13 bits per heavy atom. The van der Waals surface area contributed by atoms with Crippen molar-refractivity contribution in [2.45, 2.75) is 50.7 Å². The summed E-state index contributed by atoms with van der Waals surface area (Å²) in [6.45, 7) is 0.761. The Labute approximate surface area is 231 Å². The number of hydrogen-bond acceptors (Lipinski definition) is 9. The van der Waals surface area contributed by atoms with E-state index in [1.807, 2.05) is 30.3 Å². The van der Waals surface area contributed by atoms with Crippen LogP contribution in [0.15, 0.2) is 42.9 Å². The van der Waals surface area contributed by atoms with E-state index in [1.165, 1.54) is 23.9 Å². The molecule has 1 saturated heterocycles. The van der Waals surface area contributed by atoms with Crippen molar-refractivity contribution in [2.75, 3.05) is 18.5 Å². The van der Waals surface area contributed by atoms with Gasteiger partial charge in [0, 0.05) is 28.7 Å². The standard InChI is InChI=1S/C26H29ClN4O5S2/c27-19-4-1-3-16(10-19)9-18-12-23(37-25(18)22-5-2-8-35-22)24(32)21-13-29-15-30-26(21)31-20-7-6-17(11-20)14-36-38(28,33)34/h1,3-4,10,12-13,15,17,20,22H,2,5-9,11,14H2,(H2,28,33,34)(H,29,30,31)/t17-,20+,22?/m1/s1. The molecule has 0 bridgehead atoms. The molecule has 9 nitrogen and oxygen atoms in total. The highest BCUT2D eigenvalue weighted by atomic mass is 35.5. The van der Waals surface area contributed by atoms with E-state index in [-0.39, 0.29) is 30.5 Å². The fourth-order valence-electron chi connectivity index (χ4n) is 5.10. The van der Waals surface area contributed by atoms with Gasteiger partial charge in [-0.05, 0) is 73.8 Å². The van der Waals surface area contributed by atoms with Crippen LogP contribution in [0.4, 0.5) is 5.82 Å². The number of thiophene rings is 1. The number of nitrogens with one attached hydrogen (secondary N) is 1. The maximum absolute atomic E-state index is 13.7. The number of carbonyl (C=O) groups is 1. The number of carbonyl (C=O) groups excluding carboxylic acids is 1. The lowest BCUT2D eigenvalue weighted by atomic mass is 10.0. The lowest BCUT2D eigenvalue weighted by Crippen LogP contribution is -2.22. The highest BCUT2D eigenvalue weighted by molar-refractivity contribution is 7.84. The minimum Gasteiger partial charge on any atom is -0.373 e. The number of anilines is 1. The van der Waals surface area contributed by atoms with E-state index in [2.05, 4.69) is 15.3 Å². The number of ether oxygens (including phenoxy) is 1. The van der Waals surface area contributed by atoms with Gasteiger partial charge >= 0.3 is 10.3 Å². The van der Waals surface area contributed by atoms with Crippen LogP contribution in [0.1, 0.15) is 69.4 Å². The van der Waals surface area contributed by atoms with E-state index in [1.54, 1.807) is 0 Å². The van der Waals surface area contributed by atoms with Crippen LogP contribution in [0.5, 0.6) is 0 Å². The summed E-state index contributed by atoms with van der Waals surface area (Å²) in [7, 11) is -3.97. The first-order valence-corrected chi connectivity index (χ1v) is 15.2. The Bertz CT molecular complexity index is 1410. The Hall–Kier alpha value is -2.41. The van der Waals surface area contributed by atoms with Crippen LogP contribution < -0.4 is 10.5 Å². The van der Waals surface area contributed by atoms with Gasteiger partial charge in [0.1, 0.15) is 12.1 Å². The molecule has 3 aromatic rings. The predicted molar refractivity (Wildman–Crippen MR) is 146 cm³/mol. The molecular weight excluding hydrogens is 548 g/mol. The molecule has 12 heteroatoms. The zero-order valence-electron chi connectivity index (χ0n) is 20.6. The molecule has 0 amide bonds. The average molecular weight is 577 g/mol. The van der Waals surface area contributed by atoms with E-state index >= 15 is 0 Å². The smallest absolute Gasteiger partial charge is 0.333 e. The quantitative estimate of drug-likeness (QED) is 0.333. The normalized spacial score (nSPS) is 21.6. The summed E-state index contributed by atoms with van der Waals surface area (Å²) in [5.74, 6) is 0.361. The van der Waals surface area contributed by atoms with Crippen molar-refractivity contribution in [3.05, 3.63) is 74.3 Å². The molecule has 3 heterocycles. The zero-order chi connectivity index (χ0) is 26.7. The molecule has 2 aliphatic rings. The molecule has 0 radical (unpaired) electrons. The molecule has 1 aliphatic heterocycles. The lowest BCUT2D eigenvalue weighted by molar-refractivity contribution is 0.104. The molecule has 38 heavy (non-hydrogen) atoms. The third kappa shape index (κ3) is 6.77. The molecule has 2 aromatic heterocycles. The Morgan fingerprint density at radius 1 is 1.26 bits per heavy atom. The molecule has 2 fully saturated rings. The van der Waals surface area contributed by atoms with E-state index in [4.69, 9.17) is 25.7 Å². The van der Waals surface area contributed by atoms with E-state index in [0.29, 0.717) is 40.7 Å². The van der Waals surface area contributed by atoms with Crippen LogP contribution >= 0.6 is 22.9 Å². The molecule has 1 unspecified atom stereocenters. The second-order valence-electron chi connectivity index (χ2n) is 9.72. The zero-order valence-corrected chi connectivity index (χ0v) is 23.0. The van der Waals surface area contributed by atoms with Crippen LogP contribution in [-0.4, -0.2) is 43.4 Å². The monoisotopic (exact) mass is 576 g/mol. The van der Waals surface area contributed by atoms with Gasteiger partial charge in [-0.25, -0.2) is 15.1 Å². The lowest BCUT2D eigenvalue weighted by Gasteiger charge is -2.15. The van der Waals surface area contributed by atoms with E-state index in [9.17, 15) is 13.2 Å². The number of nitrogens with two attached hydrogens (primary N) is 1. The van der Waals surface area contributed by atoms with Crippen molar-refractivity contribution in [3.63, 3.8) is 0 Å². The highest BCUT2D eigenvalue weighted by Crippen LogP contribution is 2.39. The molecule has 1 saturated carbocycles. The number of aromatic nitrogens is 2. The van der Waals surface area contributed by atoms with Gasteiger partial charge in [0.25, 0.3) is 0 Å². The van der Waals surface area contributed by atoms with Crippen LogP contribution in [0.2, 0.25) is 5.02 Å². The molecule has 0 spiro atoms. The molecule has 3 atom stereocenters. The number of benzene rings is 1. The summed E-state index contributed by atoms with van der Waals surface area (Å²) in [6, 6.07) is 9.72. The van der Waals surface area contributed by atoms with Gasteiger partial charge in [0.15, 0.2) is 0 Å². The predicted octanol–water partition coefficient (Wildman–Crippen LogP) is 4.67. The van der Waals surface area contributed by atoms with Gasteiger partial charge in [-0.2, -0.15) is 8.42 Å². The first-order valence-electron chi connectivity index (χ1n) is 12.5. The first kappa shape index (κ1) is 27.2. The summed E-state index contributed by atoms with van der Waals surface area (Å²) in [5, 5.41) is 8.99. The van der Waals surface area contributed by atoms with Crippen LogP contribution in [0.3, 0.4) is 0 Å². The summed E-state index contributed by atoms with van der Waals surface area (Å²) in [6.07, 6.45) is 7.76. The maximum Gasteiger partial charge on any atom is 0.333 e. The Kier molecular flexibility index (Phi) is 8.41. The number of hydrogen-bond donors (Lipinski definition) is 2. The minimum absolute atomic E-state index is 0.0182. The van der Waals surface area contributed by atoms with Gasteiger partial charge in [0.05, 0.1) is 23.2 Å². The average Bonchev–Trinajstić information content (AvgIpc) is 3.64. The van der Waals surface area contributed by atoms with Crippen LogP contribution in [0, 0.1) is 5.92 Å². The van der Waals surface area contributed by atoms with Gasteiger partial charge in [-0.1, -0.05) is 23.7 Å². The highest BCUT2D eigenvalue weighted by Gasteiger charge is 2.29. The molecule has 3 N–H and O–H groups in total. The van der Waals surface area contributed by atoms with Crippen molar-refractivity contribution in [3.8, 4) is 0 Å². The van der Waals surface area contributed by atoms with Crippen molar-refractivity contribution in [2.24, 2.45) is 11.1 Å². The minimum atomic E-state index is -3.97. The van der Waals surface area contributed by atoms with Gasteiger partial charge in [-0.15, -0.1) is 11.3 Å². The third-order valence-electron chi connectivity index (χ3n) is 6.88. The molecule has 5 rings (SSSR count). The van der Waals surface area contributed by atoms with Crippen molar-refractivity contribution >= 4 is 44.8 Å². The largest absolute Gasteiger partial charge is 0.373 e. The van der Waals surface area contributed by atoms with Crippen molar-refractivity contribution in [1.29, 1.82) is 0 Å². The van der Waals surface area contributed by atoms with Gasteiger partial charge in [0.2, 0.25) is 5.78 Å². The second kappa shape index (κ2) is 11.8. The van der Waals surface area contributed by atoms with Gasteiger partial charge < -0.3 is 10.1 Å². The molecule has 1 aromatic carbocycles. The Morgan fingerprint density at radius 3 is 2.89 bits per heavy atom. The molecule has 1 aliphatic carbocycles. The second-order valence-corrected chi connectivity index (χ2v) is 12.5. The number of nitrogens with zero attached hydrogens (tertiary/aromatic N) is 2. The number of halogens is 1. The number of rotatable bonds is 10. The summed E-state index contributed by atoms with van der Waals surface area (Å²) in [5.41, 5.74) is 2.53. The summed E-state index contributed by atoms with van der Waals surface area (Å²) >= 11 is 7.68. The van der Waals surface area contributed by atoms with E-state index in [0.717, 1.165) is 41.7 Å². The van der Waals surface area contributed by atoms with E-state index < -0.39 is 10.3 Å². The summed E-state index contributed by atoms with van der Waals surface area (Å²) < 4.78 is 33.0. The topological polar surface area (TPSA) is 134 Å². The van der Waals surface area contributed by atoms with Crippen molar-refractivity contribution in [1.82, 2.24) is 9.97 Å². The summed E-state index contributed by atoms with van der Waals surface area (Å²) in [4.78, 5) is 23.9. The fourth-order valence-corrected chi connectivity index (χ4v) is 6.92. The van der Waals surface area contributed by atoms with Crippen LogP contribution in [-0.2, 0) is 25.6 Å². The van der Waals surface area contributed by atoms with Gasteiger partial charge in [-0.3, -0.25) is 8.98 Å². The molecule has 202 valence electrons. The third-order valence-corrected chi connectivity index (χ3v) is 8.85. The number of ketones is 1. The Balaban J connectivity index is 1.35. The maximum atomic E-state index is 13.7. The molecular formula is C26H29ClN4O5S2. The fraction of sp³-hybridized carbons (Fsp3) is 0.423. The van der Waals surface area contributed by atoms with Crippen LogP contribution in [0.25, 0.3) is 0 Å². The van der Waals surface area contributed by atoms with Crippen molar-refractivity contribution < 1.29 is 22.1 Å². The first-order chi connectivity index (χ1) is 18.2. The SMILES string of the molecule is NS(=O)(=O)OC[C@@H]1CC[C@H](Nc2ncncc2C(=O)c2cc(Cc3cccc(Cl)c3)c(C3CCCO3)s2)C1.